The van der Waals surface area contributed by atoms with Crippen molar-refractivity contribution >= 4 is 18.3 Å². The first-order chi connectivity index (χ1) is 10.3. The van der Waals surface area contributed by atoms with Crippen molar-refractivity contribution in [3.8, 4) is 11.4 Å². The Balaban J connectivity index is 0.00000176. The van der Waals surface area contributed by atoms with E-state index < -0.39 is 0 Å². The first-order valence-electron chi connectivity index (χ1n) is 7.10. The zero-order valence-corrected chi connectivity index (χ0v) is 13.2. The molecule has 6 nitrogen and oxygen atoms in total. The van der Waals surface area contributed by atoms with E-state index in [2.05, 4.69) is 15.5 Å². The number of halogens is 1. The Labute approximate surface area is 135 Å². The summed E-state index contributed by atoms with van der Waals surface area (Å²) in [5.74, 6) is 0.585. The van der Waals surface area contributed by atoms with Crippen molar-refractivity contribution in [2.24, 2.45) is 0 Å². The topological polar surface area (TPSA) is 71.3 Å². The Morgan fingerprint density at radius 3 is 2.55 bits per heavy atom. The minimum atomic E-state index is 0. The summed E-state index contributed by atoms with van der Waals surface area (Å²) in [7, 11) is 1.88. The van der Waals surface area contributed by atoms with Gasteiger partial charge < -0.3 is 14.7 Å². The Bertz CT molecular complexity index is 595. The third-order valence-corrected chi connectivity index (χ3v) is 3.93. The quantitative estimate of drug-likeness (QED) is 0.935. The summed E-state index contributed by atoms with van der Waals surface area (Å²) >= 11 is 0. The molecule has 1 aromatic carbocycles. The van der Waals surface area contributed by atoms with E-state index in [0.717, 1.165) is 31.5 Å². The minimum absolute atomic E-state index is 0. The first kappa shape index (κ1) is 16.5. The number of nitrogens with zero attached hydrogens (tertiary/aromatic N) is 3. The molecule has 2 heterocycles. The Kier molecular flexibility index (Phi) is 5.51. The highest BCUT2D eigenvalue weighted by Gasteiger charge is 2.22. The number of amides is 1. The smallest absolute Gasteiger partial charge is 0.253 e. The molecule has 1 aromatic heterocycles. The molecule has 22 heavy (non-hydrogen) atoms. The predicted octanol–water partition coefficient (Wildman–Crippen LogP) is 1.98. The number of carbonyl (C=O) groups excluding carboxylic acids is 1. The molecule has 2 aromatic rings. The van der Waals surface area contributed by atoms with Crippen molar-refractivity contribution in [3.63, 3.8) is 0 Å². The predicted molar refractivity (Wildman–Crippen MR) is 85.0 cm³/mol. The molecule has 0 spiro atoms. The van der Waals surface area contributed by atoms with Crippen molar-refractivity contribution in [2.75, 3.05) is 20.1 Å². The minimum Gasteiger partial charge on any atom is -0.342 e. The van der Waals surface area contributed by atoms with Gasteiger partial charge in [-0.05, 0) is 38.1 Å². The summed E-state index contributed by atoms with van der Waals surface area (Å²) in [6, 6.07) is 7.62. The zero-order valence-electron chi connectivity index (χ0n) is 12.4. The van der Waals surface area contributed by atoms with Crippen LogP contribution in [0.2, 0.25) is 0 Å². The van der Waals surface area contributed by atoms with Crippen LogP contribution in [0.25, 0.3) is 11.4 Å². The number of rotatable bonds is 3. The molecule has 1 saturated heterocycles. The molecule has 118 valence electrons. The highest BCUT2D eigenvalue weighted by molar-refractivity contribution is 5.94. The molecular formula is C15H19ClN4O2. The Hall–Kier alpha value is -1.92. The molecule has 1 fully saturated rings. The first-order valence-corrected chi connectivity index (χ1v) is 7.10. The summed E-state index contributed by atoms with van der Waals surface area (Å²) in [5, 5.41) is 7.09. The molecule has 0 unspecified atom stereocenters. The van der Waals surface area contributed by atoms with Crippen LogP contribution in [0.1, 0.15) is 23.2 Å². The van der Waals surface area contributed by atoms with Crippen molar-refractivity contribution in [3.05, 3.63) is 36.2 Å². The number of hydrogen-bond acceptors (Lipinski definition) is 5. The number of piperidine rings is 1. The van der Waals surface area contributed by atoms with Crippen LogP contribution in [0.4, 0.5) is 0 Å². The average molecular weight is 323 g/mol. The second kappa shape index (κ2) is 7.38. The maximum absolute atomic E-state index is 12.5. The van der Waals surface area contributed by atoms with Crippen LogP contribution in [0.5, 0.6) is 0 Å². The third kappa shape index (κ3) is 3.45. The van der Waals surface area contributed by atoms with Gasteiger partial charge in [0.1, 0.15) is 0 Å². The van der Waals surface area contributed by atoms with Gasteiger partial charge in [0.15, 0.2) is 0 Å². The van der Waals surface area contributed by atoms with E-state index in [9.17, 15) is 4.79 Å². The van der Waals surface area contributed by atoms with Gasteiger partial charge in [-0.15, -0.1) is 12.4 Å². The molecule has 1 amide bonds. The van der Waals surface area contributed by atoms with Gasteiger partial charge >= 0.3 is 0 Å². The molecule has 0 atom stereocenters. The average Bonchev–Trinajstić information content (AvgIpc) is 3.09. The van der Waals surface area contributed by atoms with E-state index in [1.54, 1.807) is 0 Å². The molecule has 7 heteroatoms. The molecule has 1 aliphatic heterocycles. The van der Waals surface area contributed by atoms with E-state index in [1.165, 1.54) is 6.39 Å². The lowest BCUT2D eigenvalue weighted by atomic mass is 10.0. The molecule has 1 N–H and O–H groups in total. The molecule has 0 saturated carbocycles. The summed E-state index contributed by atoms with van der Waals surface area (Å²) in [4.78, 5) is 18.3. The van der Waals surface area contributed by atoms with Gasteiger partial charge in [0.25, 0.3) is 5.91 Å². The maximum Gasteiger partial charge on any atom is 0.253 e. The maximum atomic E-state index is 12.5. The van der Waals surface area contributed by atoms with Crippen LogP contribution < -0.4 is 5.32 Å². The standard InChI is InChI=1S/C15H18N4O2.ClH/c1-19(13-6-8-16-9-7-13)15(20)12-4-2-11(3-5-12)14-17-10-21-18-14;/h2-5,10,13,16H,6-9H2,1H3;1H. The normalized spacial score (nSPS) is 15.1. The second-order valence-corrected chi connectivity index (χ2v) is 5.23. The zero-order chi connectivity index (χ0) is 14.7. The molecule has 0 aliphatic carbocycles. The lowest BCUT2D eigenvalue weighted by Crippen LogP contribution is -2.43. The third-order valence-electron chi connectivity index (χ3n) is 3.93. The van der Waals surface area contributed by atoms with Gasteiger partial charge in [-0.25, -0.2) is 0 Å². The van der Waals surface area contributed by atoms with Crippen LogP contribution in [0, 0.1) is 0 Å². The molecular weight excluding hydrogens is 304 g/mol. The second-order valence-electron chi connectivity index (χ2n) is 5.23. The summed E-state index contributed by atoms with van der Waals surface area (Å²) in [6.07, 6.45) is 3.30. The lowest BCUT2D eigenvalue weighted by Gasteiger charge is -2.31. The fourth-order valence-electron chi connectivity index (χ4n) is 2.62. The van der Waals surface area contributed by atoms with E-state index in [0.29, 0.717) is 17.4 Å². The number of hydrogen-bond donors (Lipinski definition) is 1. The van der Waals surface area contributed by atoms with Crippen LogP contribution in [-0.4, -0.2) is 47.1 Å². The fourth-order valence-corrected chi connectivity index (χ4v) is 2.62. The number of benzene rings is 1. The SMILES string of the molecule is CN(C(=O)c1ccc(-c2ncon2)cc1)C1CCNCC1.Cl. The highest BCUT2D eigenvalue weighted by Crippen LogP contribution is 2.18. The van der Waals surface area contributed by atoms with Gasteiger partial charge in [-0.3, -0.25) is 4.79 Å². The van der Waals surface area contributed by atoms with Crippen molar-refractivity contribution in [2.45, 2.75) is 18.9 Å². The number of aromatic nitrogens is 2. The largest absolute Gasteiger partial charge is 0.342 e. The van der Waals surface area contributed by atoms with Crippen LogP contribution in [-0.2, 0) is 0 Å². The van der Waals surface area contributed by atoms with Crippen LogP contribution in [0.15, 0.2) is 35.2 Å². The van der Waals surface area contributed by atoms with E-state index in [1.807, 2.05) is 36.2 Å². The number of nitrogens with one attached hydrogen (secondary N) is 1. The van der Waals surface area contributed by atoms with Crippen LogP contribution >= 0.6 is 12.4 Å². The van der Waals surface area contributed by atoms with Crippen LogP contribution in [0.3, 0.4) is 0 Å². The van der Waals surface area contributed by atoms with Crippen molar-refractivity contribution in [1.82, 2.24) is 20.4 Å². The summed E-state index contributed by atoms with van der Waals surface area (Å²) in [6.45, 7) is 1.94. The van der Waals surface area contributed by atoms with Gasteiger partial charge in [-0.1, -0.05) is 17.3 Å². The Morgan fingerprint density at radius 1 is 1.27 bits per heavy atom. The summed E-state index contributed by atoms with van der Waals surface area (Å²) in [5.41, 5.74) is 1.52. The summed E-state index contributed by atoms with van der Waals surface area (Å²) < 4.78 is 4.72. The highest BCUT2D eigenvalue weighted by atomic mass is 35.5. The Morgan fingerprint density at radius 2 is 1.95 bits per heavy atom. The van der Waals surface area contributed by atoms with Crippen molar-refractivity contribution in [1.29, 1.82) is 0 Å². The van der Waals surface area contributed by atoms with Gasteiger partial charge in [0.05, 0.1) is 0 Å². The molecule has 0 bridgehead atoms. The van der Waals surface area contributed by atoms with E-state index in [-0.39, 0.29) is 18.3 Å². The molecule has 0 radical (unpaired) electrons. The lowest BCUT2D eigenvalue weighted by molar-refractivity contribution is 0.0703. The van der Waals surface area contributed by atoms with Gasteiger partial charge in [0, 0.05) is 24.2 Å². The number of carbonyl (C=O) groups is 1. The van der Waals surface area contributed by atoms with E-state index >= 15 is 0 Å². The molecule has 1 aliphatic rings. The van der Waals surface area contributed by atoms with E-state index in [4.69, 9.17) is 4.52 Å². The van der Waals surface area contributed by atoms with Crippen molar-refractivity contribution < 1.29 is 9.32 Å². The monoisotopic (exact) mass is 322 g/mol. The fraction of sp³-hybridized carbons (Fsp3) is 0.400. The van der Waals surface area contributed by atoms with Gasteiger partial charge in [0.2, 0.25) is 12.2 Å². The van der Waals surface area contributed by atoms with Gasteiger partial charge in [-0.2, -0.15) is 4.98 Å². The molecule has 3 rings (SSSR count).